The predicted molar refractivity (Wildman–Crippen MR) is 64.3 cm³/mol. The first-order chi connectivity index (χ1) is 6.37. The van der Waals surface area contributed by atoms with Crippen LogP contribution >= 0.6 is 0 Å². The zero-order chi connectivity index (χ0) is 11.2. The van der Waals surface area contributed by atoms with Crippen LogP contribution in [0.15, 0.2) is 0 Å². The number of hydrogen-bond acceptors (Lipinski definition) is 2. The Balaban J connectivity index is 3.52. The minimum Gasteiger partial charge on any atom is -0.330 e. The van der Waals surface area contributed by atoms with Crippen molar-refractivity contribution >= 4 is 0 Å². The van der Waals surface area contributed by atoms with Crippen LogP contribution in [0.25, 0.3) is 0 Å². The van der Waals surface area contributed by atoms with Crippen LogP contribution in [0.1, 0.15) is 41.0 Å². The molecule has 0 saturated carbocycles. The third kappa shape index (κ3) is 7.34. The van der Waals surface area contributed by atoms with E-state index in [2.05, 4.69) is 39.9 Å². The molecule has 0 aromatic carbocycles. The summed E-state index contributed by atoms with van der Waals surface area (Å²) in [5, 5.41) is 3.49. The lowest BCUT2D eigenvalue weighted by Crippen LogP contribution is -2.33. The minimum absolute atomic E-state index is 0.434. The largest absolute Gasteiger partial charge is 0.330 e. The number of nitrogens with two attached hydrogens (primary N) is 1. The Morgan fingerprint density at radius 2 is 1.79 bits per heavy atom. The molecular weight excluding hydrogens is 172 g/mol. The van der Waals surface area contributed by atoms with E-state index in [0.29, 0.717) is 17.3 Å². The van der Waals surface area contributed by atoms with Crippen LogP contribution in [-0.2, 0) is 0 Å². The van der Waals surface area contributed by atoms with Gasteiger partial charge in [0.1, 0.15) is 0 Å². The van der Waals surface area contributed by atoms with Gasteiger partial charge in [0.05, 0.1) is 0 Å². The molecule has 0 amide bonds. The van der Waals surface area contributed by atoms with E-state index in [1.54, 1.807) is 0 Å². The minimum atomic E-state index is 0.434. The molecule has 0 radical (unpaired) electrons. The third-order valence-corrected chi connectivity index (χ3v) is 2.70. The van der Waals surface area contributed by atoms with Gasteiger partial charge in [-0.2, -0.15) is 0 Å². The highest BCUT2D eigenvalue weighted by molar-refractivity contribution is 4.68. The first kappa shape index (κ1) is 13.9. The first-order valence-corrected chi connectivity index (χ1v) is 5.77. The van der Waals surface area contributed by atoms with Crippen LogP contribution in [0.2, 0.25) is 0 Å². The highest BCUT2D eigenvalue weighted by atomic mass is 14.9. The summed E-state index contributed by atoms with van der Waals surface area (Å²) in [6.45, 7) is 14.3. The van der Waals surface area contributed by atoms with Gasteiger partial charge in [0.15, 0.2) is 0 Å². The lowest BCUT2D eigenvalue weighted by Gasteiger charge is -2.22. The van der Waals surface area contributed by atoms with Crippen LogP contribution in [-0.4, -0.2) is 19.6 Å². The third-order valence-electron chi connectivity index (χ3n) is 2.70. The fraction of sp³-hybridized carbons (Fsp3) is 1.00. The van der Waals surface area contributed by atoms with Crippen LogP contribution in [0.5, 0.6) is 0 Å². The Labute approximate surface area is 89.6 Å². The van der Waals surface area contributed by atoms with Gasteiger partial charge in [0.2, 0.25) is 0 Å². The van der Waals surface area contributed by atoms with Crippen LogP contribution in [0.4, 0.5) is 0 Å². The lowest BCUT2D eigenvalue weighted by molar-refractivity contribution is 0.334. The van der Waals surface area contributed by atoms with Crippen LogP contribution in [0.3, 0.4) is 0 Å². The highest BCUT2D eigenvalue weighted by Gasteiger charge is 2.12. The summed E-state index contributed by atoms with van der Waals surface area (Å²) < 4.78 is 0. The molecule has 0 aliphatic rings. The summed E-state index contributed by atoms with van der Waals surface area (Å²) in [4.78, 5) is 0. The summed E-state index contributed by atoms with van der Waals surface area (Å²) >= 11 is 0. The molecule has 1 atom stereocenters. The molecule has 0 spiro atoms. The van der Waals surface area contributed by atoms with Crippen molar-refractivity contribution in [2.75, 3.05) is 19.6 Å². The summed E-state index contributed by atoms with van der Waals surface area (Å²) in [7, 11) is 0. The molecule has 1 unspecified atom stereocenters. The Morgan fingerprint density at radius 1 is 1.21 bits per heavy atom. The quantitative estimate of drug-likeness (QED) is 0.645. The topological polar surface area (TPSA) is 38.0 Å². The molecule has 0 aromatic rings. The zero-order valence-corrected chi connectivity index (χ0v) is 10.6. The molecule has 2 heteroatoms. The van der Waals surface area contributed by atoms with Gasteiger partial charge in [-0.25, -0.2) is 0 Å². The Bertz CT molecular complexity index is 136. The average molecular weight is 200 g/mol. The molecule has 0 rings (SSSR count). The standard InChI is InChI=1S/C12H28N2/c1-10(2)11(8-13)9-14-7-6-12(3,4)5/h10-11,14H,6-9,13H2,1-5H3. The second kappa shape index (κ2) is 6.41. The SMILES string of the molecule is CC(C)C(CN)CNCCC(C)(C)C. The van der Waals surface area contributed by atoms with Gasteiger partial charge in [-0.15, -0.1) is 0 Å². The zero-order valence-electron chi connectivity index (χ0n) is 10.6. The van der Waals surface area contributed by atoms with Gasteiger partial charge < -0.3 is 11.1 Å². The van der Waals surface area contributed by atoms with E-state index in [0.717, 1.165) is 19.6 Å². The molecule has 86 valence electrons. The van der Waals surface area contributed by atoms with Gasteiger partial charge in [-0.1, -0.05) is 34.6 Å². The smallest absolute Gasteiger partial charge is 0.000600 e. The van der Waals surface area contributed by atoms with E-state index >= 15 is 0 Å². The summed E-state index contributed by atoms with van der Waals surface area (Å²) in [6, 6.07) is 0. The molecule has 0 aromatic heterocycles. The first-order valence-electron chi connectivity index (χ1n) is 5.77. The molecule has 0 saturated heterocycles. The van der Waals surface area contributed by atoms with Crippen molar-refractivity contribution in [2.45, 2.75) is 41.0 Å². The number of rotatable bonds is 6. The second-order valence-corrected chi connectivity index (χ2v) is 5.75. The van der Waals surface area contributed by atoms with Gasteiger partial charge >= 0.3 is 0 Å². The van der Waals surface area contributed by atoms with E-state index in [-0.39, 0.29) is 0 Å². The van der Waals surface area contributed by atoms with E-state index < -0.39 is 0 Å². The van der Waals surface area contributed by atoms with Gasteiger partial charge in [-0.05, 0) is 43.3 Å². The van der Waals surface area contributed by atoms with E-state index in [9.17, 15) is 0 Å². The highest BCUT2D eigenvalue weighted by Crippen LogP contribution is 2.17. The number of nitrogens with one attached hydrogen (secondary N) is 1. The molecule has 0 aliphatic heterocycles. The molecule has 0 heterocycles. The van der Waals surface area contributed by atoms with Crippen molar-refractivity contribution in [2.24, 2.45) is 23.0 Å². The fourth-order valence-corrected chi connectivity index (χ4v) is 1.34. The van der Waals surface area contributed by atoms with Gasteiger partial charge in [-0.3, -0.25) is 0 Å². The maximum atomic E-state index is 5.70. The lowest BCUT2D eigenvalue weighted by atomic mass is 9.92. The monoisotopic (exact) mass is 200 g/mol. The Morgan fingerprint density at radius 3 is 2.14 bits per heavy atom. The summed E-state index contributed by atoms with van der Waals surface area (Å²) in [5.41, 5.74) is 6.14. The average Bonchev–Trinajstić information content (AvgIpc) is 2.01. The van der Waals surface area contributed by atoms with E-state index in [4.69, 9.17) is 5.73 Å². The maximum absolute atomic E-state index is 5.70. The van der Waals surface area contributed by atoms with Crippen molar-refractivity contribution in [3.8, 4) is 0 Å². The second-order valence-electron chi connectivity index (χ2n) is 5.75. The molecule has 2 nitrogen and oxygen atoms in total. The van der Waals surface area contributed by atoms with Crippen molar-refractivity contribution in [3.63, 3.8) is 0 Å². The molecule has 0 bridgehead atoms. The Kier molecular flexibility index (Phi) is 6.38. The van der Waals surface area contributed by atoms with Crippen molar-refractivity contribution in [1.29, 1.82) is 0 Å². The number of hydrogen-bond donors (Lipinski definition) is 2. The fourth-order valence-electron chi connectivity index (χ4n) is 1.34. The van der Waals surface area contributed by atoms with Crippen LogP contribution < -0.4 is 11.1 Å². The molecule has 0 aliphatic carbocycles. The summed E-state index contributed by atoms with van der Waals surface area (Å²) in [6.07, 6.45) is 1.22. The summed E-state index contributed by atoms with van der Waals surface area (Å²) in [5.74, 6) is 1.30. The predicted octanol–water partition coefficient (Wildman–Crippen LogP) is 2.24. The molecular formula is C12H28N2. The van der Waals surface area contributed by atoms with E-state index in [1.165, 1.54) is 6.42 Å². The molecule has 0 fully saturated rings. The van der Waals surface area contributed by atoms with Crippen molar-refractivity contribution in [3.05, 3.63) is 0 Å². The molecule has 3 N–H and O–H groups in total. The molecule has 14 heavy (non-hydrogen) atoms. The van der Waals surface area contributed by atoms with Crippen molar-refractivity contribution in [1.82, 2.24) is 5.32 Å². The van der Waals surface area contributed by atoms with Crippen LogP contribution in [0, 0.1) is 17.3 Å². The maximum Gasteiger partial charge on any atom is -0.000600 e. The van der Waals surface area contributed by atoms with Crippen molar-refractivity contribution < 1.29 is 0 Å². The van der Waals surface area contributed by atoms with E-state index in [1.807, 2.05) is 0 Å². The van der Waals surface area contributed by atoms with Gasteiger partial charge in [0, 0.05) is 0 Å². The van der Waals surface area contributed by atoms with Gasteiger partial charge in [0.25, 0.3) is 0 Å². The normalized spacial score (nSPS) is 14.8. The Hall–Kier alpha value is -0.0800.